The molecule has 1 saturated heterocycles. The van der Waals surface area contributed by atoms with E-state index in [2.05, 4.69) is 15.0 Å². The SMILES string of the molecule is Cc1ccc(C(N)C(=O)N2CCN(C(C)c3nc(C)no3)CC2)cc1.Cl.Cl. The molecule has 7 nitrogen and oxygen atoms in total. The number of aryl methyl sites for hydroxylation is 2. The van der Waals surface area contributed by atoms with Crippen molar-refractivity contribution >= 4 is 30.7 Å². The molecule has 0 radical (unpaired) electrons. The Morgan fingerprint density at radius 1 is 1.11 bits per heavy atom. The Labute approximate surface area is 172 Å². The maximum atomic E-state index is 12.7. The number of aromatic nitrogens is 2. The fourth-order valence-electron chi connectivity index (χ4n) is 3.08. The van der Waals surface area contributed by atoms with Crippen LogP contribution in [0.2, 0.25) is 0 Å². The van der Waals surface area contributed by atoms with Crippen LogP contribution in [-0.2, 0) is 4.79 Å². The number of nitrogens with zero attached hydrogens (tertiary/aromatic N) is 4. The van der Waals surface area contributed by atoms with E-state index in [1.807, 2.05) is 49.9 Å². The highest BCUT2D eigenvalue weighted by Crippen LogP contribution is 2.21. The molecular formula is C18H27Cl2N5O2. The lowest BCUT2D eigenvalue weighted by molar-refractivity contribution is -0.134. The van der Waals surface area contributed by atoms with Crippen molar-refractivity contribution in [1.29, 1.82) is 0 Å². The average molecular weight is 416 g/mol. The zero-order valence-electron chi connectivity index (χ0n) is 15.8. The Morgan fingerprint density at radius 2 is 1.70 bits per heavy atom. The van der Waals surface area contributed by atoms with Gasteiger partial charge in [-0.2, -0.15) is 4.98 Å². The lowest BCUT2D eigenvalue weighted by Crippen LogP contribution is -2.51. The second-order valence-electron chi connectivity index (χ2n) is 6.61. The molecule has 27 heavy (non-hydrogen) atoms. The second kappa shape index (κ2) is 10.0. The van der Waals surface area contributed by atoms with Crippen LogP contribution in [0.15, 0.2) is 28.8 Å². The lowest BCUT2D eigenvalue weighted by atomic mass is 10.0. The number of benzene rings is 1. The van der Waals surface area contributed by atoms with Crippen LogP contribution >= 0.6 is 24.8 Å². The molecule has 1 aromatic carbocycles. The van der Waals surface area contributed by atoms with Gasteiger partial charge in [0.1, 0.15) is 6.04 Å². The van der Waals surface area contributed by atoms with Crippen LogP contribution in [0.3, 0.4) is 0 Å². The monoisotopic (exact) mass is 415 g/mol. The van der Waals surface area contributed by atoms with Crippen LogP contribution in [0.5, 0.6) is 0 Å². The molecule has 2 atom stereocenters. The molecule has 0 spiro atoms. The molecule has 9 heteroatoms. The largest absolute Gasteiger partial charge is 0.338 e. The Kier molecular flexibility index (Phi) is 8.68. The number of halogens is 2. The number of hydrogen-bond acceptors (Lipinski definition) is 6. The molecule has 1 aromatic heterocycles. The summed E-state index contributed by atoms with van der Waals surface area (Å²) in [4.78, 5) is 21.1. The molecule has 150 valence electrons. The minimum Gasteiger partial charge on any atom is -0.338 e. The standard InChI is InChI=1S/C18H25N5O2.2ClH/c1-12-4-6-15(7-5-12)16(19)18(24)23-10-8-22(9-11-23)13(2)17-20-14(3)21-25-17;;/h4-7,13,16H,8-11,19H2,1-3H3;2*1H. The summed E-state index contributed by atoms with van der Waals surface area (Å²) >= 11 is 0. The van der Waals surface area contributed by atoms with Crippen molar-refractivity contribution in [2.45, 2.75) is 32.9 Å². The summed E-state index contributed by atoms with van der Waals surface area (Å²) in [6.45, 7) is 8.68. The van der Waals surface area contributed by atoms with E-state index in [9.17, 15) is 4.79 Å². The van der Waals surface area contributed by atoms with Gasteiger partial charge in [-0.05, 0) is 26.3 Å². The number of rotatable bonds is 4. The molecule has 1 fully saturated rings. The van der Waals surface area contributed by atoms with Crippen LogP contribution in [0.25, 0.3) is 0 Å². The van der Waals surface area contributed by atoms with Crippen molar-refractivity contribution in [1.82, 2.24) is 19.9 Å². The van der Waals surface area contributed by atoms with Gasteiger partial charge in [0.2, 0.25) is 11.8 Å². The average Bonchev–Trinajstić information content (AvgIpc) is 3.07. The van der Waals surface area contributed by atoms with E-state index in [-0.39, 0.29) is 36.8 Å². The molecule has 2 heterocycles. The highest BCUT2D eigenvalue weighted by atomic mass is 35.5. The van der Waals surface area contributed by atoms with Gasteiger partial charge in [-0.1, -0.05) is 35.0 Å². The number of hydrogen-bond donors (Lipinski definition) is 1. The first-order valence-electron chi connectivity index (χ1n) is 8.61. The number of carbonyl (C=O) groups is 1. The van der Waals surface area contributed by atoms with Gasteiger partial charge in [0.15, 0.2) is 5.82 Å². The summed E-state index contributed by atoms with van der Waals surface area (Å²) < 4.78 is 5.26. The van der Waals surface area contributed by atoms with Crippen molar-refractivity contribution < 1.29 is 9.32 Å². The first kappa shape index (κ1) is 23.4. The predicted molar refractivity (Wildman–Crippen MR) is 108 cm³/mol. The van der Waals surface area contributed by atoms with Crippen molar-refractivity contribution in [3.63, 3.8) is 0 Å². The van der Waals surface area contributed by atoms with Gasteiger partial charge in [-0.15, -0.1) is 24.8 Å². The topological polar surface area (TPSA) is 88.5 Å². The van der Waals surface area contributed by atoms with Gasteiger partial charge < -0.3 is 15.2 Å². The van der Waals surface area contributed by atoms with E-state index in [0.717, 1.165) is 24.2 Å². The molecule has 0 aliphatic carbocycles. The van der Waals surface area contributed by atoms with E-state index in [1.165, 1.54) is 0 Å². The Bertz CT molecular complexity index is 730. The molecule has 1 amide bonds. The van der Waals surface area contributed by atoms with E-state index >= 15 is 0 Å². The normalized spacial score (nSPS) is 16.8. The van der Waals surface area contributed by atoms with E-state index in [1.54, 1.807) is 0 Å². The third-order valence-electron chi connectivity index (χ3n) is 4.78. The molecule has 1 aliphatic heterocycles. The molecule has 2 N–H and O–H groups in total. The van der Waals surface area contributed by atoms with Crippen LogP contribution in [0, 0.1) is 13.8 Å². The quantitative estimate of drug-likeness (QED) is 0.824. The van der Waals surface area contributed by atoms with Gasteiger partial charge in [0, 0.05) is 26.2 Å². The minimum atomic E-state index is -0.608. The van der Waals surface area contributed by atoms with Crippen molar-refractivity contribution in [2.75, 3.05) is 26.2 Å². The van der Waals surface area contributed by atoms with Crippen molar-refractivity contribution in [3.05, 3.63) is 47.1 Å². The molecular weight excluding hydrogens is 389 g/mol. The number of amides is 1. The molecule has 2 unspecified atom stereocenters. The summed E-state index contributed by atoms with van der Waals surface area (Å²) in [7, 11) is 0. The lowest BCUT2D eigenvalue weighted by Gasteiger charge is -2.37. The Hall–Kier alpha value is -1.67. The van der Waals surface area contributed by atoms with Gasteiger partial charge in [0.05, 0.1) is 6.04 Å². The maximum absolute atomic E-state index is 12.7. The fourth-order valence-corrected chi connectivity index (χ4v) is 3.08. The highest BCUT2D eigenvalue weighted by Gasteiger charge is 2.29. The summed E-state index contributed by atoms with van der Waals surface area (Å²) in [5, 5.41) is 3.84. The summed E-state index contributed by atoms with van der Waals surface area (Å²) in [5.74, 6) is 1.23. The van der Waals surface area contributed by atoms with Gasteiger partial charge in [-0.3, -0.25) is 9.69 Å². The van der Waals surface area contributed by atoms with Crippen molar-refractivity contribution in [3.8, 4) is 0 Å². The van der Waals surface area contributed by atoms with Crippen LogP contribution in [0.4, 0.5) is 0 Å². The second-order valence-corrected chi connectivity index (χ2v) is 6.61. The van der Waals surface area contributed by atoms with E-state index in [0.29, 0.717) is 24.8 Å². The maximum Gasteiger partial charge on any atom is 0.244 e. The summed E-state index contributed by atoms with van der Waals surface area (Å²) in [5.41, 5.74) is 8.18. The first-order chi connectivity index (χ1) is 12.0. The summed E-state index contributed by atoms with van der Waals surface area (Å²) in [6.07, 6.45) is 0. The Morgan fingerprint density at radius 3 is 2.22 bits per heavy atom. The molecule has 0 saturated carbocycles. The third-order valence-corrected chi connectivity index (χ3v) is 4.78. The first-order valence-corrected chi connectivity index (χ1v) is 8.61. The summed E-state index contributed by atoms with van der Waals surface area (Å²) in [6, 6.07) is 7.25. The number of nitrogens with two attached hydrogens (primary N) is 1. The minimum absolute atomic E-state index is 0. The zero-order valence-corrected chi connectivity index (χ0v) is 17.4. The molecule has 0 bridgehead atoms. The molecule has 2 aromatic rings. The number of carbonyl (C=O) groups excluding carboxylic acids is 1. The van der Waals surface area contributed by atoms with Crippen LogP contribution in [0.1, 0.15) is 41.8 Å². The van der Waals surface area contributed by atoms with Crippen LogP contribution < -0.4 is 5.73 Å². The zero-order chi connectivity index (χ0) is 18.0. The predicted octanol–water partition coefficient (Wildman–Crippen LogP) is 2.44. The van der Waals surface area contributed by atoms with E-state index < -0.39 is 6.04 Å². The highest BCUT2D eigenvalue weighted by molar-refractivity contribution is 5.85. The fraction of sp³-hybridized carbons (Fsp3) is 0.500. The Balaban J connectivity index is 0.00000182. The van der Waals surface area contributed by atoms with Gasteiger partial charge in [-0.25, -0.2) is 0 Å². The van der Waals surface area contributed by atoms with Gasteiger partial charge >= 0.3 is 0 Å². The van der Waals surface area contributed by atoms with Crippen molar-refractivity contribution in [2.24, 2.45) is 5.73 Å². The van der Waals surface area contributed by atoms with E-state index in [4.69, 9.17) is 10.3 Å². The molecule has 3 rings (SSSR count). The third kappa shape index (κ3) is 5.42. The van der Waals surface area contributed by atoms with Gasteiger partial charge in [0.25, 0.3) is 0 Å². The van der Waals surface area contributed by atoms with Crippen LogP contribution in [-0.4, -0.2) is 52.0 Å². The smallest absolute Gasteiger partial charge is 0.244 e. The molecule has 1 aliphatic rings. The number of piperazine rings is 1.